The van der Waals surface area contributed by atoms with Crippen molar-refractivity contribution in [3.8, 4) is 11.5 Å². The first-order valence-corrected chi connectivity index (χ1v) is 7.92. The second-order valence-corrected chi connectivity index (χ2v) is 6.26. The first kappa shape index (κ1) is 16.7. The van der Waals surface area contributed by atoms with Crippen molar-refractivity contribution in [1.82, 2.24) is 4.90 Å². The molecule has 1 fully saturated rings. The Hall–Kier alpha value is -1.66. The van der Waals surface area contributed by atoms with Crippen molar-refractivity contribution in [1.29, 1.82) is 0 Å². The minimum Gasteiger partial charge on any atom is -0.503 e. The first-order chi connectivity index (χ1) is 10.4. The quantitative estimate of drug-likeness (QED) is 0.841. The van der Waals surface area contributed by atoms with Gasteiger partial charge in [-0.25, -0.2) is 0 Å². The molecule has 0 radical (unpaired) electrons. The van der Waals surface area contributed by atoms with Crippen molar-refractivity contribution < 1.29 is 19.4 Å². The number of methoxy groups -OCH3 is 1. The van der Waals surface area contributed by atoms with Crippen molar-refractivity contribution in [3.05, 3.63) is 27.6 Å². The van der Waals surface area contributed by atoms with E-state index in [2.05, 4.69) is 0 Å². The maximum absolute atomic E-state index is 12.3. The summed E-state index contributed by atoms with van der Waals surface area (Å²) in [6.45, 7) is 3.75. The van der Waals surface area contributed by atoms with Crippen molar-refractivity contribution in [3.63, 3.8) is 0 Å². The van der Waals surface area contributed by atoms with Crippen LogP contribution in [0.1, 0.15) is 25.8 Å². The lowest BCUT2D eigenvalue weighted by Gasteiger charge is -2.19. The number of rotatable bonds is 4. The molecule has 0 aliphatic carbocycles. The number of carbonyl (C=O) groups excluding carboxylic acids is 2. The van der Waals surface area contributed by atoms with Crippen LogP contribution in [0.15, 0.2) is 17.0 Å². The Bertz CT molecular complexity index is 659. The predicted molar refractivity (Wildman–Crippen MR) is 87.2 cm³/mol. The third kappa shape index (κ3) is 3.08. The van der Waals surface area contributed by atoms with Gasteiger partial charge in [-0.2, -0.15) is 0 Å². The van der Waals surface area contributed by atoms with E-state index in [4.69, 9.17) is 16.3 Å². The Labute approximate surface area is 137 Å². The molecule has 1 aliphatic rings. The van der Waals surface area contributed by atoms with Gasteiger partial charge < -0.3 is 9.84 Å². The fourth-order valence-electron chi connectivity index (χ4n) is 2.03. The van der Waals surface area contributed by atoms with Gasteiger partial charge >= 0.3 is 0 Å². The molecule has 0 unspecified atom stereocenters. The van der Waals surface area contributed by atoms with E-state index in [0.29, 0.717) is 16.9 Å². The molecule has 118 valence electrons. The van der Waals surface area contributed by atoms with Gasteiger partial charge in [0.15, 0.2) is 11.5 Å². The molecule has 0 aromatic heterocycles. The van der Waals surface area contributed by atoms with E-state index < -0.39 is 0 Å². The van der Waals surface area contributed by atoms with Crippen LogP contribution in [0.4, 0.5) is 4.79 Å². The average Bonchev–Trinajstić information content (AvgIpc) is 2.76. The molecule has 0 bridgehead atoms. The van der Waals surface area contributed by atoms with Gasteiger partial charge in [0.05, 0.1) is 17.0 Å². The second kappa shape index (κ2) is 6.62. The van der Waals surface area contributed by atoms with Crippen LogP contribution in [0, 0.1) is 0 Å². The largest absolute Gasteiger partial charge is 0.503 e. The van der Waals surface area contributed by atoms with E-state index in [1.54, 1.807) is 12.1 Å². The molecular formula is C15H16ClNO4S. The minimum absolute atomic E-state index is 0.117. The lowest BCUT2D eigenvalue weighted by atomic mass is 10.1. The Morgan fingerprint density at radius 2 is 2.14 bits per heavy atom. The number of nitrogens with zero attached hydrogens (tertiary/aromatic N) is 1. The van der Waals surface area contributed by atoms with Gasteiger partial charge in [0.2, 0.25) is 0 Å². The third-order valence-corrected chi connectivity index (χ3v) is 4.60. The number of aromatic hydroxyl groups is 1. The molecule has 2 amide bonds. The van der Waals surface area contributed by atoms with Crippen LogP contribution in [0.25, 0.3) is 6.08 Å². The maximum atomic E-state index is 12.3. The highest BCUT2D eigenvalue weighted by Gasteiger charge is 2.37. The summed E-state index contributed by atoms with van der Waals surface area (Å²) in [5, 5.41) is 9.55. The molecular weight excluding hydrogens is 326 g/mol. The Morgan fingerprint density at radius 1 is 1.45 bits per heavy atom. The number of amides is 2. The molecule has 0 saturated carbocycles. The maximum Gasteiger partial charge on any atom is 0.293 e. The second-order valence-electron chi connectivity index (χ2n) is 4.86. The zero-order valence-corrected chi connectivity index (χ0v) is 14.0. The monoisotopic (exact) mass is 341 g/mol. The summed E-state index contributed by atoms with van der Waals surface area (Å²) < 4.78 is 5.02. The molecule has 1 N–H and O–H groups in total. The van der Waals surface area contributed by atoms with Gasteiger partial charge in [0.1, 0.15) is 0 Å². The van der Waals surface area contributed by atoms with Crippen LogP contribution in [0.2, 0.25) is 5.02 Å². The van der Waals surface area contributed by atoms with Crippen LogP contribution >= 0.6 is 23.4 Å². The first-order valence-electron chi connectivity index (χ1n) is 6.72. The average molecular weight is 342 g/mol. The molecule has 22 heavy (non-hydrogen) atoms. The van der Waals surface area contributed by atoms with E-state index in [9.17, 15) is 14.7 Å². The molecule has 1 heterocycles. The summed E-state index contributed by atoms with van der Waals surface area (Å²) in [6, 6.07) is 2.92. The summed E-state index contributed by atoms with van der Waals surface area (Å²) >= 11 is 6.82. The Balaban J connectivity index is 2.37. The van der Waals surface area contributed by atoms with E-state index >= 15 is 0 Å². The van der Waals surface area contributed by atoms with E-state index in [0.717, 1.165) is 11.8 Å². The fourth-order valence-corrected chi connectivity index (χ4v) is 3.18. The van der Waals surface area contributed by atoms with Crippen LogP contribution in [0.5, 0.6) is 11.5 Å². The number of imide groups is 1. The lowest BCUT2D eigenvalue weighted by molar-refractivity contribution is -0.124. The van der Waals surface area contributed by atoms with Crippen molar-refractivity contribution in [2.45, 2.75) is 26.3 Å². The van der Waals surface area contributed by atoms with Gasteiger partial charge in [-0.05, 0) is 48.9 Å². The van der Waals surface area contributed by atoms with Crippen molar-refractivity contribution in [2.75, 3.05) is 7.11 Å². The van der Waals surface area contributed by atoms with Gasteiger partial charge in [-0.15, -0.1) is 0 Å². The Morgan fingerprint density at radius 3 is 2.73 bits per heavy atom. The fraction of sp³-hybridized carbons (Fsp3) is 0.333. The van der Waals surface area contributed by atoms with Gasteiger partial charge in [0.25, 0.3) is 11.1 Å². The number of thioether (sulfide) groups is 1. The van der Waals surface area contributed by atoms with Crippen molar-refractivity contribution in [2.24, 2.45) is 0 Å². The highest BCUT2D eigenvalue weighted by Crippen LogP contribution is 2.38. The molecule has 1 saturated heterocycles. The van der Waals surface area contributed by atoms with Gasteiger partial charge in [0, 0.05) is 6.04 Å². The smallest absolute Gasteiger partial charge is 0.293 e. The lowest BCUT2D eigenvalue weighted by Crippen LogP contribution is -2.36. The molecule has 2 rings (SSSR count). The molecule has 1 aromatic rings. The number of hydrogen-bond donors (Lipinski definition) is 1. The number of carbonyl (C=O) groups is 2. The third-order valence-electron chi connectivity index (χ3n) is 3.42. The molecule has 0 spiro atoms. The zero-order chi connectivity index (χ0) is 16.4. The number of ether oxygens (including phenoxy) is 1. The summed E-state index contributed by atoms with van der Waals surface area (Å²) in [5.41, 5.74) is 0.578. The van der Waals surface area contributed by atoms with Crippen LogP contribution in [0.3, 0.4) is 0 Å². The van der Waals surface area contributed by atoms with Crippen LogP contribution < -0.4 is 4.74 Å². The van der Waals surface area contributed by atoms with Crippen LogP contribution in [-0.4, -0.2) is 34.3 Å². The zero-order valence-electron chi connectivity index (χ0n) is 12.4. The number of halogens is 1. The highest BCUT2D eigenvalue weighted by molar-refractivity contribution is 8.18. The van der Waals surface area contributed by atoms with Gasteiger partial charge in [-0.1, -0.05) is 18.5 Å². The summed E-state index contributed by atoms with van der Waals surface area (Å²) in [4.78, 5) is 25.9. The molecule has 1 aromatic carbocycles. The number of phenols is 1. The van der Waals surface area contributed by atoms with E-state index in [-0.39, 0.29) is 33.7 Å². The number of phenolic OH excluding ortho intramolecular Hbond substituents is 1. The molecule has 5 nitrogen and oxygen atoms in total. The predicted octanol–water partition coefficient (Wildman–Crippen LogP) is 3.89. The Kier molecular flexibility index (Phi) is 5.03. The summed E-state index contributed by atoms with van der Waals surface area (Å²) in [6.07, 6.45) is 2.27. The molecule has 1 atom stereocenters. The summed E-state index contributed by atoms with van der Waals surface area (Å²) in [5.74, 6) is -0.263. The number of hydrogen-bond acceptors (Lipinski definition) is 5. The summed E-state index contributed by atoms with van der Waals surface area (Å²) in [7, 11) is 1.41. The standard InChI is InChI=1S/C15H16ClNO4S/c1-4-8(2)17-14(19)12(22-15(17)20)7-9-5-10(16)13(18)11(6-9)21-3/h5-8,18H,4H2,1-3H3/t8-/m1/s1. The van der Waals surface area contributed by atoms with E-state index in [1.165, 1.54) is 18.1 Å². The van der Waals surface area contributed by atoms with Crippen LogP contribution in [-0.2, 0) is 4.79 Å². The van der Waals surface area contributed by atoms with Crippen molar-refractivity contribution >= 4 is 40.6 Å². The van der Waals surface area contributed by atoms with Gasteiger partial charge in [-0.3, -0.25) is 14.5 Å². The molecule has 7 heteroatoms. The number of benzene rings is 1. The topological polar surface area (TPSA) is 66.8 Å². The normalized spacial score (nSPS) is 18.2. The minimum atomic E-state index is -0.312. The molecule has 1 aliphatic heterocycles. The highest BCUT2D eigenvalue weighted by atomic mass is 35.5. The van der Waals surface area contributed by atoms with E-state index in [1.807, 2.05) is 13.8 Å². The SMILES string of the molecule is CC[C@@H](C)N1C(=O)SC(=Cc2cc(Cl)c(O)c(OC)c2)C1=O.